The van der Waals surface area contributed by atoms with Crippen molar-refractivity contribution in [3.63, 3.8) is 0 Å². The Labute approximate surface area is 158 Å². The molecule has 0 radical (unpaired) electrons. The number of ether oxygens (including phenoxy) is 2. The van der Waals surface area contributed by atoms with Crippen LogP contribution in [0, 0.1) is 6.92 Å². The first-order chi connectivity index (χ1) is 13.1. The Morgan fingerprint density at radius 1 is 0.815 bits per heavy atom. The minimum Gasteiger partial charge on any atom is -0.489 e. The lowest BCUT2D eigenvalue weighted by Crippen LogP contribution is -2.14. The summed E-state index contributed by atoms with van der Waals surface area (Å²) in [7, 11) is 0. The van der Waals surface area contributed by atoms with Gasteiger partial charge in [0.2, 0.25) is 0 Å². The number of rotatable bonds is 7. The number of esters is 1. The zero-order valence-electron chi connectivity index (χ0n) is 15.1. The molecule has 0 heterocycles. The first-order valence-corrected chi connectivity index (χ1v) is 8.65. The van der Waals surface area contributed by atoms with E-state index in [1.54, 1.807) is 36.4 Å². The van der Waals surface area contributed by atoms with E-state index >= 15 is 0 Å². The molecule has 0 amide bonds. The molecule has 0 atom stereocenters. The molecule has 0 fully saturated rings. The lowest BCUT2D eigenvalue weighted by atomic mass is 10.1. The van der Waals surface area contributed by atoms with Crippen LogP contribution in [-0.2, 0) is 11.3 Å². The molecule has 0 bridgehead atoms. The van der Waals surface area contributed by atoms with E-state index in [2.05, 4.69) is 0 Å². The molecule has 3 aromatic rings. The molecule has 0 aliphatic heterocycles. The van der Waals surface area contributed by atoms with Crippen molar-refractivity contribution in [3.8, 4) is 5.75 Å². The van der Waals surface area contributed by atoms with Crippen LogP contribution in [-0.4, -0.2) is 18.4 Å². The topological polar surface area (TPSA) is 52.6 Å². The molecule has 0 aliphatic carbocycles. The highest BCUT2D eigenvalue weighted by atomic mass is 16.5. The van der Waals surface area contributed by atoms with E-state index < -0.39 is 5.97 Å². The summed E-state index contributed by atoms with van der Waals surface area (Å²) >= 11 is 0. The van der Waals surface area contributed by atoms with E-state index in [1.165, 1.54) is 0 Å². The lowest BCUT2D eigenvalue weighted by Gasteiger charge is -2.08. The van der Waals surface area contributed by atoms with Gasteiger partial charge in [-0.2, -0.15) is 0 Å². The minimum atomic E-state index is -0.523. The van der Waals surface area contributed by atoms with E-state index in [1.807, 2.05) is 49.4 Å². The van der Waals surface area contributed by atoms with Gasteiger partial charge in [-0.05, 0) is 42.3 Å². The van der Waals surface area contributed by atoms with Crippen molar-refractivity contribution in [2.45, 2.75) is 13.5 Å². The third kappa shape index (κ3) is 5.28. The van der Waals surface area contributed by atoms with Gasteiger partial charge in [0.25, 0.3) is 0 Å². The molecule has 0 unspecified atom stereocenters. The lowest BCUT2D eigenvalue weighted by molar-refractivity contribution is 0.0474. The average molecular weight is 360 g/mol. The standard InChI is InChI=1S/C23H20O4/c1-17-6-5-9-21(14-17)26-15-18-10-12-20(13-11-18)23(25)27-16-22(24)19-7-3-2-4-8-19/h2-14H,15-16H2,1H3. The zero-order chi connectivity index (χ0) is 19.1. The predicted octanol–water partition coefficient (Wildman–Crippen LogP) is 4.61. The number of hydrogen-bond donors (Lipinski definition) is 0. The van der Waals surface area contributed by atoms with E-state index in [-0.39, 0.29) is 12.4 Å². The Bertz CT molecular complexity index is 915. The molecule has 136 valence electrons. The quantitative estimate of drug-likeness (QED) is 0.456. The molecule has 3 rings (SSSR count). The van der Waals surface area contributed by atoms with Crippen molar-refractivity contribution in [1.29, 1.82) is 0 Å². The van der Waals surface area contributed by atoms with Gasteiger partial charge in [0.15, 0.2) is 12.4 Å². The van der Waals surface area contributed by atoms with Crippen LogP contribution >= 0.6 is 0 Å². The third-order valence-corrected chi connectivity index (χ3v) is 4.01. The summed E-state index contributed by atoms with van der Waals surface area (Å²) in [4.78, 5) is 24.1. The fourth-order valence-corrected chi connectivity index (χ4v) is 2.53. The normalized spacial score (nSPS) is 10.3. The highest BCUT2D eigenvalue weighted by molar-refractivity contribution is 5.99. The summed E-state index contributed by atoms with van der Waals surface area (Å²) in [5.74, 6) is 0.0514. The van der Waals surface area contributed by atoms with Gasteiger partial charge in [-0.25, -0.2) is 4.79 Å². The molecule has 0 saturated heterocycles. The summed E-state index contributed by atoms with van der Waals surface area (Å²) in [6.45, 7) is 2.14. The Hall–Kier alpha value is -3.40. The molecule has 0 aromatic heterocycles. The molecule has 0 spiro atoms. The molecule has 0 saturated carbocycles. The minimum absolute atomic E-state index is 0.230. The molecular formula is C23H20O4. The van der Waals surface area contributed by atoms with Crippen LogP contribution in [0.1, 0.15) is 31.8 Å². The largest absolute Gasteiger partial charge is 0.489 e. The van der Waals surface area contributed by atoms with Crippen molar-refractivity contribution in [2.75, 3.05) is 6.61 Å². The number of carbonyl (C=O) groups is 2. The maximum atomic E-state index is 12.1. The second-order valence-electron chi connectivity index (χ2n) is 6.17. The number of Topliss-reactive ketones (excluding diaryl/α,β-unsaturated/α-hetero) is 1. The first-order valence-electron chi connectivity index (χ1n) is 8.65. The van der Waals surface area contributed by atoms with Gasteiger partial charge in [-0.15, -0.1) is 0 Å². The Morgan fingerprint density at radius 3 is 2.26 bits per heavy atom. The molecule has 27 heavy (non-hydrogen) atoms. The fraction of sp³-hybridized carbons (Fsp3) is 0.130. The SMILES string of the molecule is Cc1cccc(OCc2ccc(C(=O)OCC(=O)c3ccccc3)cc2)c1. The smallest absolute Gasteiger partial charge is 0.338 e. The van der Waals surface area contributed by atoms with Gasteiger partial charge in [0, 0.05) is 5.56 Å². The summed E-state index contributed by atoms with van der Waals surface area (Å²) in [5.41, 5.74) is 2.99. The highest BCUT2D eigenvalue weighted by Crippen LogP contribution is 2.15. The fourth-order valence-electron chi connectivity index (χ4n) is 2.53. The van der Waals surface area contributed by atoms with E-state index in [4.69, 9.17) is 9.47 Å². The first kappa shape index (κ1) is 18.4. The molecule has 0 N–H and O–H groups in total. The van der Waals surface area contributed by atoms with Gasteiger partial charge in [-0.1, -0.05) is 54.6 Å². The molecule has 0 aliphatic rings. The number of benzene rings is 3. The van der Waals surface area contributed by atoms with E-state index in [0.717, 1.165) is 16.9 Å². The van der Waals surface area contributed by atoms with E-state index in [0.29, 0.717) is 17.7 Å². The van der Waals surface area contributed by atoms with Gasteiger partial charge in [0.05, 0.1) is 5.56 Å². The molecule has 4 heteroatoms. The van der Waals surface area contributed by atoms with Crippen LogP contribution < -0.4 is 4.74 Å². The van der Waals surface area contributed by atoms with Crippen LogP contribution in [0.3, 0.4) is 0 Å². The number of aryl methyl sites for hydroxylation is 1. The van der Waals surface area contributed by atoms with Gasteiger partial charge >= 0.3 is 5.97 Å². The van der Waals surface area contributed by atoms with Crippen LogP contribution in [0.15, 0.2) is 78.9 Å². The second kappa shape index (κ2) is 8.81. The zero-order valence-corrected chi connectivity index (χ0v) is 15.1. The average Bonchev–Trinajstić information content (AvgIpc) is 2.71. The van der Waals surface area contributed by atoms with Crippen molar-refractivity contribution < 1.29 is 19.1 Å². The predicted molar refractivity (Wildman–Crippen MR) is 103 cm³/mol. The monoisotopic (exact) mass is 360 g/mol. The maximum absolute atomic E-state index is 12.1. The Kier molecular flexibility index (Phi) is 6.00. The Morgan fingerprint density at radius 2 is 1.56 bits per heavy atom. The Balaban J connectivity index is 1.52. The van der Waals surface area contributed by atoms with Crippen LogP contribution in [0.25, 0.3) is 0 Å². The maximum Gasteiger partial charge on any atom is 0.338 e. The molecule has 4 nitrogen and oxygen atoms in total. The van der Waals surface area contributed by atoms with Crippen molar-refractivity contribution in [3.05, 3.63) is 101 Å². The van der Waals surface area contributed by atoms with Crippen molar-refractivity contribution >= 4 is 11.8 Å². The number of hydrogen-bond acceptors (Lipinski definition) is 4. The summed E-state index contributed by atoms with van der Waals surface area (Å²) in [5, 5.41) is 0. The number of carbonyl (C=O) groups excluding carboxylic acids is 2. The van der Waals surface area contributed by atoms with Crippen LogP contribution in [0.4, 0.5) is 0 Å². The second-order valence-corrected chi connectivity index (χ2v) is 6.17. The molecular weight excluding hydrogens is 340 g/mol. The highest BCUT2D eigenvalue weighted by Gasteiger charge is 2.11. The summed E-state index contributed by atoms with van der Waals surface area (Å²) < 4.78 is 10.8. The summed E-state index contributed by atoms with van der Waals surface area (Å²) in [6.07, 6.45) is 0. The van der Waals surface area contributed by atoms with Gasteiger partial charge in [-0.3, -0.25) is 4.79 Å². The van der Waals surface area contributed by atoms with E-state index in [9.17, 15) is 9.59 Å². The van der Waals surface area contributed by atoms with Gasteiger partial charge in [0.1, 0.15) is 12.4 Å². The van der Waals surface area contributed by atoms with Crippen molar-refractivity contribution in [2.24, 2.45) is 0 Å². The van der Waals surface area contributed by atoms with Crippen LogP contribution in [0.5, 0.6) is 5.75 Å². The van der Waals surface area contributed by atoms with Gasteiger partial charge < -0.3 is 9.47 Å². The summed E-state index contributed by atoms with van der Waals surface area (Å²) in [6, 6.07) is 23.5. The third-order valence-electron chi connectivity index (χ3n) is 4.01. The molecule has 3 aromatic carbocycles. The van der Waals surface area contributed by atoms with Crippen LogP contribution in [0.2, 0.25) is 0 Å². The van der Waals surface area contributed by atoms with Crippen molar-refractivity contribution in [1.82, 2.24) is 0 Å². The number of ketones is 1.